The lowest BCUT2D eigenvalue weighted by Gasteiger charge is -2.13. The van der Waals surface area contributed by atoms with Gasteiger partial charge in [0.25, 0.3) is 0 Å². The maximum Gasteiger partial charge on any atom is 0.433 e. The lowest BCUT2D eigenvalue weighted by Crippen LogP contribution is -2.19. The number of hydrogen-bond donors (Lipinski definition) is 2. The van der Waals surface area contributed by atoms with Crippen LogP contribution in [0.3, 0.4) is 0 Å². The molecular weight excluding hydrogens is 257 g/mol. The molecule has 1 saturated heterocycles. The molecule has 1 aromatic rings. The monoisotopic (exact) mass is 270 g/mol. The number of anilines is 1. The first-order valence-corrected chi connectivity index (χ1v) is 5.93. The maximum absolute atomic E-state index is 12.6. The Morgan fingerprint density at radius 2 is 2.26 bits per heavy atom. The van der Waals surface area contributed by atoms with Gasteiger partial charge in [-0.3, -0.25) is 0 Å². The summed E-state index contributed by atoms with van der Waals surface area (Å²) in [7, 11) is 0. The lowest BCUT2D eigenvalue weighted by atomic mass is 10.1. The van der Waals surface area contributed by atoms with Gasteiger partial charge < -0.3 is 10.6 Å². The molecular formula is C12H13F3N4. The highest BCUT2D eigenvalue weighted by molar-refractivity contribution is 5.52. The number of alkyl halides is 3. The third-order valence-corrected chi connectivity index (χ3v) is 3.03. The summed E-state index contributed by atoms with van der Waals surface area (Å²) >= 11 is 0. The molecule has 0 spiro atoms. The lowest BCUT2D eigenvalue weighted by molar-refractivity contribution is -0.141. The van der Waals surface area contributed by atoms with Gasteiger partial charge in [0.15, 0.2) is 0 Å². The Hall–Kier alpha value is -1.81. The molecule has 4 nitrogen and oxygen atoms in total. The van der Waals surface area contributed by atoms with Crippen LogP contribution in [0.2, 0.25) is 0 Å². The molecule has 2 heterocycles. The largest absolute Gasteiger partial charge is 0.433 e. The SMILES string of the molecule is N#Cc1ccc(C(F)(F)F)nc1NCC1CCNC1. The van der Waals surface area contributed by atoms with Crippen molar-refractivity contribution in [1.29, 1.82) is 5.26 Å². The molecule has 19 heavy (non-hydrogen) atoms. The van der Waals surface area contributed by atoms with Crippen LogP contribution in [0.1, 0.15) is 17.7 Å². The Morgan fingerprint density at radius 3 is 2.84 bits per heavy atom. The minimum Gasteiger partial charge on any atom is -0.369 e. The van der Waals surface area contributed by atoms with Crippen LogP contribution in [0.15, 0.2) is 12.1 Å². The first-order valence-electron chi connectivity index (χ1n) is 5.93. The van der Waals surface area contributed by atoms with Crippen LogP contribution in [0.4, 0.5) is 19.0 Å². The zero-order valence-corrected chi connectivity index (χ0v) is 10.1. The third-order valence-electron chi connectivity index (χ3n) is 3.03. The number of halogens is 3. The van der Waals surface area contributed by atoms with Crippen LogP contribution in [-0.4, -0.2) is 24.6 Å². The molecule has 1 atom stereocenters. The van der Waals surface area contributed by atoms with Crippen LogP contribution in [0.5, 0.6) is 0 Å². The third kappa shape index (κ3) is 3.35. The predicted molar refractivity (Wildman–Crippen MR) is 63.4 cm³/mol. The minimum atomic E-state index is -4.50. The van der Waals surface area contributed by atoms with Crippen molar-refractivity contribution in [2.75, 3.05) is 25.0 Å². The fraction of sp³-hybridized carbons (Fsp3) is 0.500. The fourth-order valence-corrected chi connectivity index (χ4v) is 1.97. The zero-order chi connectivity index (χ0) is 13.9. The van der Waals surface area contributed by atoms with E-state index in [-0.39, 0.29) is 11.4 Å². The van der Waals surface area contributed by atoms with E-state index in [0.717, 1.165) is 31.6 Å². The summed E-state index contributed by atoms with van der Waals surface area (Å²) in [4.78, 5) is 3.50. The number of nitriles is 1. The van der Waals surface area contributed by atoms with E-state index in [9.17, 15) is 13.2 Å². The van der Waals surface area contributed by atoms with Crippen molar-refractivity contribution < 1.29 is 13.2 Å². The van der Waals surface area contributed by atoms with Gasteiger partial charge in [0, 0.05) is 6.54 Å². The van der Waals surface area contributed by atoms with Gasteiger partial charge in [0.1, 0.15) is 17.6 Å². The van der Waals surface area contributed by atoms with Crippen LogP contribution in [0, 0.1) is 17.2 Å². The van der Waals surface area contributed by atoms with Gasteiger partial charge in [-0.25, -0.2) is 4.98 Å². The van der Waals surface area contributed by atoms with Crippen LogP contribution < -0.4 is 10.6 Å². The molecule has 0 radical (unpaired) electrons. The van der Waals surface area contributed by atoms with E-state index in [0.29, 0.717) is 12.5 Å². The highest BCUT2D eigenvalue weighted by atomic mass is 19.4. The van der Waals surface area contributed by atoms with Gasteiger partial charge in [-0.05, 0) is 37.6 Å². The van der Waals surface area contributed by atoms with Crippen LogP contribution >= 0.6 is 0 Å². The predicted octanol–water partition coefficient (Wildman–Crippen LogP) is 1.99. The Kier molecular flexibility index (Phi) is 3.90. The van der Waals surface area contributed by atoms with Gasteiger partial charge in [-0.15, -0.1) is 0 Å². The highest BCUT2D eigenvalue weighted by Gasteiger charge is 2.33. The molecule has 7 heteroatoms. The topological polar surface area (TPSA) is 60.7 Å². The molecule has 1 aromatic heterocycles. The summed E-state index contributed by atoms with van der Waals surface area (Å²) in [5.41, 5.74) is -0.863. The van der Waals surface area contributed by atoms with E-state index in [1.54, 1.807) is 0 Å². The van der Waals surface area contributed by atoms with E-state index in [2.05, 4.69) is 15.6 Å². The molecule has 1 aliphatic heterocycles. The van der Waals surface area contributed by atoms with E-state index < -0.39 is 11.9 Å². The first kappa shape index (κ1) is 13.6. The van der Waals surface area contributed by atoms with Gasteiger partial charge >= 0.3 is 6.18 Å². The molecule has 0 bridgehead atoms. The van der Waals surface area contributed by atoms with E-state index in [1.165, 1.54) is 0 Å². The Bertz CT molecular complexity index is 487. The number of pyridine rings is 1. The van der Waals surface area contributed by atoms with Gasteiger partial charge in [-0.2, -0.15) is 18.4 Å². The van der Waals surface area contributed by atoms with E-state index in [1.807, 2.05) is 6.07 Å². The molecule has 1 fully saturated rings. The fourth-order valence-electron chi connectivity index (χ4n) is 1.97. The summed E-state index contributed by atoms with van der Waals surface area (Å²) in [6, 6.07) is 3.81. The van der Waals surface area contributed by atoms with Gasteiger partial charge in [-0.1, -0.05) is 0 Å². The smallest absolute Gasteiger partial charge is 0.369 e. The number of nitrogens with one attached hydrogen (secondary N) is 2. The van der Waals surface area contributed by atoms with Crippen LogP contribution in [0.25, 0.3) is 0 Å². The van der Waals surface area contributed by atoms with Crippen molar-refractivity contribution >= 4 is 5.82 Å². The number of hydrogen-bond acceptors (Lipinski definition) is 4. The van der Waals surface area contributed by atoms with Crippen molar-refractivity contribution in [2.45, 2.75) is 12.6 Å². The number of nitrogens with zero attached hydrogens (tertiary/aromatic N) is 2. The van der Waals surface area contributed by atoms with Crippen molar-refractivity contribution in [1.82, 2.24) is 10.3 Å². The summed E-state index contributed by atoms with van der Waals surface area (Å²) in [6.07, 6.45) is -3.53. The van der Waals surface area contributed by atoms with Crippen molar-refractivity contribution in [3.63, 3.8) is 0 Å². The Balaban J connectivity index is 2.14. The first-order chi connectivity index (χ1) is 9.00. The standard InChI is InChI=1S/C12H13F3N4/c13-12(14,15)10-2-1-9(5-16)11(19-10)18-7-8-3-4-17-6-8/h1-2,8,17H,3-4,6-7H2,(H,18,19). The number of aromatic nitrogens is 1. The summed E-state index contributed by atoms with van der Waals surface area (Å²) in [5, 5.41) is 14.9. The molecule has 1 aliphatic rings. The zero-order valence-electron chi connectivity index (χ0n) is 10.1. The molecule has 0 aliphatic carbocycles. The molecule has 2 rings (SSSR count). The van der Waals surface area contributed by atoms with Crippen molar-refractivity contribution in [3.05, 3.63) is 23.4 Å². The second-order valence-electron chi connectivity index (χ2n) is 4.44. The maximum atomic E-state index is 12.6. The average molecular weight is 270 g/mol. The Labute approximate surface area is 108 Å². The summed E-state index contributed by atoms with van der Waals surface area (Å²) in [5.74, 6) is 0.354. The summed E-state index contributed by atoms with van der Waals surface area (Å²) < 4.78 is 37.7. The molecule has 102 valence electrons. The van der Waals surface area contributed by atoms with Gasteiger partial charge in [0.2, 0.25) is 0 Å². The van der Waals surface area contributed by atoms with Gasteiger partial charge in [0.05, 0.1) is 5.56 Å². The van der Waals surface area contributed by atoms with E-state index in [4.69, 9.17) is 5.26 Å². The molecule has 2 N–H and O–H groups in total. The summed E-state index contributed by atoms with van der Waals surface area (Å²) in [6.45, 7) is 2.25. The molecule has 1 unspecified atom stereocenters. The van der Waals surface area contributed by atoms with E-state index >= 15 is 0 Å². The Morgan fingerprint density at radius 1 is 1.47 bits per heavy atom. The molecule has 0 amide bonds. The number of rotatable bonds is 3. The minimum absolute atomic E-state index is 0.00391. The second kappa shape index (κ2) is 5.45. The highest BCUT2D eigenvalue weighted by Crippen LogP contribution is 2.29. The van der Waals surface area contributed by atoms with Crippen LogP contribution in [-0.2, 0) is 6.18 Å². The second-order valence-corrected chi connectivity index (χ2v) is 4.44. The quantitative estimate of drug-likeness (QED) is 0.881. The van der Waals surface area contributed by atoms with Crippen molar-refractivity contribution in [3.8, 4) is 6.07 Å². The normalized spacial score (nSPS) is 19.2. The molecule has 0 aromatic carbocycles. The molecule has 0 saturated carbocycles. The van der Waals surface area contributed by atoms with Crippen molar-refractivity contribution in [2.24, 2.45) is 5.92 Å². The average Bonchev–Trinajstić information content (AvgIpc) is 2.88.